The van der Waals surface area contributed by atoms with Crippen LogP contribution in [-0.4, -0.2) is 43.7 Å². The second-order valence-electron chi connectivity index (χ2n) is 7.75. The van der Waals surface area contributed by atoms with Crippen molar-refractivity contribution in [3.63, 3.8) is 0 Å². The van der Waals surface area contributed by atoms with Crippen LogP contribution in [0.15, 0.2) is 47.8 Å². The van der Waals surface area contributed by atoms with E-state index in [1.165, 1.54) is 11.3 Å². The van der Waals surface area contributed by atoms with Crippen LogP contribution >= 0.6 is 11.3 Å². The number of hydrogen-bond acceptors (Lipinski definition) is 7. The molecule has 0 fully saturated rings. The lowest BCUT2D eigenvalue weighted by Gasteiger charge is -2.21. The molecule has 1 atom stereocenters. The van der Waals surface area contributed by atoms with Crippen LogP contribution in [0.2, 0.25) is 0 Å². The van der Waals surface area contributed by atoms with Crippen molar-refractivity contribution in [1.82, 2.24) is 10.3 Å². The average molecular weight is 484 g/mol. The Labute approximate surface area is 203 Å². The number of methoxy groups -OCH3 is 2. The van der Waals surface area contributed by atoms with Crippen molar-refractivity contribution in [2.24, 2.45) is 5.92 Å². The monoisotopic (exact) mass is 483 g/mol. The molecule has 9 heteroatoms. The Hall–Kier alpha value is -3.59. The third-order valence-corrected chi connectivity index (χ3v) is 5.83. The molecule has 0 aliphatic carbocycles. The Morgan fingerprint density at radius 3 is 2.35 bits per heavy atom. The summed E-state index contributed by atoms with van der Waals surface area (Å²) in [6.45, 7) is 6.19. The van der Waals surface area contributed by atoms with E-state index >= 15 is 0 Å². The maximum Gasteiger partial charge on any atom is 0.251 e. The number of amides is 2. The second kappa shape index (κ2) is 11.5. The third kappa shape index (κ3) is 6.05. The van der Waals surface area contributed by atoms with E-state index in [9.17, 15) is 9.59 Å². The minimum absolute atomic E-state index is 0.128. The molecule has 1 heterocycles. The zero-order valence-corrected chi connectivity index (χ0v) is 20.7. The van der Waals surface area contributed by atoms with Crippen LogP contribution in [0.5, 0.6) is 17.2 Å². The summed E-state index contributed by atoms with van der Waals surface area (Å²) in [6, 6.07) is 11.6. The van der Waals surface area contributed by atoms with Crippen molar-refractivity contribution in [2.75, 3.05) is 26.1 Å². The number of carbonyl (C=O) groups is 2. The van der Waals surface area contributed by atoms with Crippen molar-refractivity contribution < 1.29 is 23.8 Å². The fourth-order valence-electron chi connectivity index (χ4n) is 3.27. The molecule has 1 aromatic heterocycles. The zero-order chi connectivity index (χ0) is 24.7. The number of nitrogens with one attached hydrogen (secondary N) is 2. The highest BCUT2D eigenvalue weighted by atomic mass is 32.1. The third-order valence-electron chi connectivity index (χ3n) is 5.08. The standard InChI is InChI=1S/C25H29N3O5S/c1-6-33-18-10-7-16(8-11-18)23(29)27-22(15(2)3)24(30)28-25-26-19(14-34-25)17-9-12-20(31-4)21(13-17)32-5/h7-15,22H,6H2,1-5H3,(H,27,29)(H,26,28,30)/t22-/m0/s1. The first-order valence-electron chi connectivity index (χ1n) is 10.9. The Morgan fingerprint density at radius 2 is 1.74 bits per heavy atom. The van der Waals surface area contributed by atoms with Crippen molar-refractivity contribution >= 4 is 28.3 Å². The van der Waals surface area contributed by atoms with Crippen molar-refractivity contribution in [1.29, 1.82) is 0 Å². The Kier molecular flexibility index (Phi) is 8.48. The molecule has 2 N–H and O–H groups in total. The highest BCUT2D eigenvalue weighted by molar-refractivity contribution is 7.14. The molecule has 2 aromatic carbocycles. The molecular weight excluding hydrogens is 454 g/mol. The van der Waals surface area contributed by atoms with Gasteiger partial charge in [0.25, 0.3) is 5.91 Å². The second-order valence-corrected chi connectivity index (χ2v) is 8.61. The van der Waals surface area contributed by atoms with E-state index in [0.29, 0.717) is 40.2 Å². The van der Waals surface area contributed by atoms with E-state index in [1.807, 2.05) is 38.3 Å². The Morgan fingerprint density at radius 1 is 1.03 bits per heavy atom. The van der Waals surface area contributed by atoms with Crippen molar-refractivity contribution in [3.05, 3.63) is 53.4 Å². The average Bonchev–Trinajstić information content (AvgIpc) is 3.30. The quantitative estimate of drug-likeness (QED) is 0.437. The van der Waals surface area contributed by atoms with Gasteiger partial charge in [-0.05, 0) is 55.3 Å². The number of hydrogen-bond donors (Lipinski definition) is 2. The van der Waals surface area contributed by atoms with Gasteiger partial charge >= 0.3 is 0 Å². The normalized spacial score (nSPS) is 11.6. The smallest absolute Gasteiger partial charge is 0.251 e. The summed E-state index contributed by atoms with van der Waals surface area (Å²) >= 11 is 1.30. The summed E-state index contributed by atoms with van der Waals surface area (Å²) in [7, 11) is 3.15. The summed E-state index contributed by atoms with van der Waals surface area (Å²) in [5.41, 5.74) is 1.98. The van der Waals surface area contributed by atoms with Crippen LogP contribution in [0.25, 0.3) is 11.3 Å². The molecule has 2 amide bonds. The molecule has 34 heavy (non-hydrogen) atoms. The maximum absolute atomic E-state index is 13.0. The predicted molar refractivity (Wildman–Crippen MR) is 133 cm³/mol. The first-order valence-corrected chi connectivity index (χ1v) is 11.8. The van der Waals surface area contributed by atoms with Gasteiger partial charge in [-0.15, -0.1) is 11.3 Å². The zero-order valence-electron chi connectivity index (χ0n) is 19.9. The van der Waals surface area contributed by atoms with Gasteiger partial charge in [-0.3, -0.25) is 9.59 Å². The highest BCUT2D eigenvalue weighted by Crippen LogP contribution is 2.33. The molecule has 0 unspecified atom stereocenters. The number of rotatable bonds is 10. The summed E-state index contributed by atoms with van der Waals surface area (Å²) in [4.78, 5) is 30.2. The Bertz CT molecular complexity index is 1130. The van der Waals surface area contributed by atoms with E-state index in [4.69, 9.17) is 14.2 Å². The number of benzene rings is 2. The van der Waals surface area contributed by atoms with Crippen LogP contribution in [0, 0.1) is 5.92 Å². The maximum atomic E-state index is 13.0. The highest BCUT2D eigenvalue weighted by Gasteiger charge is 2.25. The SMILES string of the molecule is CCOc1ccc(C(=O)N[C@H](C(=O)Nc2nc(-c3ccc(OC)c(OC)c3)cs2)C(C)C)cc1. The van der Waals surface area contributed by atoms with Crippen LogP contribution < -0.4 is 24.8 Å². The molecule has 3 aromatic rings. The topological polar surface area (TPSA) is 98.8 Å². The number of ether oxygens (including phenoxy) is 3. The molecule has 3 rings (SSSR count). The Balaban J connectivity index is 1.69. The molecule has 0 radical (unpaired) electrons. The van der Waals surface area contributed by atoms with Gasteiger partial charge in [-0.1, -0.05) is 13.8 Å². The lowest BCUT2D eigenvalue weighted by molar-refractivity contribution is -0.118. The summed E-state index contributed by atoms with van der Waals surface area (Å²) in [6.07, 6.45) is 0. The van der Waals surface area contributed by atoms with Gasteiger partial charge < -0.3 is 24.8 Å². The van der Waals surface area contributed by atoms with Gasteiger partial charge in [0, 0.05) is 16.5 Å². The van der Waals surface area contributed by atoms with Gasteiger partial charge in [0.15, 0.2) is 16.6 Å². The predicted octanol–water partition coefficient (Wildman–Crippen LogP) is 4.62. The lowest BCUT2D eigenvalue weighted by atomic mass is 10.0. The molecule has 0 saturated carbocycles. The fourth-order valence-corrected chi connectivity index (χ4v) is 3.99. The largest absolute Gasteiger partial charge is 0.494 e. The number of anilines is 1. The molecule has 0 saturated heterocycles. The molecule has 8 nitrogen and oxygen atoms in total. The number of thiazole rings is 1. The van der Waals surface area contributed by atoms with E-state index in [0.717, 1.165) is 5.56 Å². The van der Waals surface area contributed by atoms with Gasteiger partial charge in [0.2, 0.25) is 5.91 Å². The molecule has 0 aliphatic rings. The van der Waals surface area contributed by atoms with E-state index in [1.54, 1.807) is 44.6 Å². The van der Waals surface area contributed by atoms with E-state index < -0.39 is 6.04 Å². The molecule has 180 valence electrons. The van der Waals surface area contributed by atoms with Crippen LogP contribution in [0.1, 0.15) is 31.1 Å². The van der Waals surface area contributed by atoms with Crippen LogP contribution in [0.4, 0.5) is 5.13 Å². The van der Waals surface area contributed by atoms with Gasteiger partial charge in [-0.2, -0.15) is 0 Å². The van der Waals surface area contributed by atoms with Crippen molar-refractivity contribution in [3.8, 4) is 28.5 Å². The van der Waals surface area contributed by atoms with E-state index in [-0.39, 0.29) is 17.7 Å². The van der Waals surface area contributed by atoms with Crippen LogP contribution in [0.3, 0.4) is 0 Å². The fraction of sp³-hybridized carbons (Fsp3) is 0.320. The minimum Gasteiger partial charge on any atom is -0.494 e. The lowest BCUT2D eigenvalue weighted by Crippen LogP contribution is -2.47. The summed E-state index contributed by atoms with van der Waals surface area (Å²) < 4.78 is 16.0. The summed E-state index contributed by atoms with van der Waals surface area (Å²) in [5.74, 6) is 1.11. The molecular formula is C25H29N3O5S. The van der Waals surface area contributed by atoms with Gasteiger partial charge in [-0.25, -0.2) is 4.98 Å². The van der Waals surface area contributed by atoms with Crippen LogP contribution in [-0.2, 0) is 4.79 Å². The molecule has 0 aliphatic heterocycles. The number of nitrogens with zero attached hydrogens (tertiary/aromatic N) is 1. The molecule has 0 spiro atoms. The minimum atomic E-state index is -0.729. The number of carbonyl (C=O) groups excluding carboxylic acids is 2. The van der Waals surface area contributed by atoms with Crippen molar-refractivity contribution in [2.45, 2.75) is 26.8 Å². The van der Waals surface area contributed by atoms with E-state index in [2.05, 4.69) is 15.6 Å². The first-order chi connectivity index (χ1) is 16.4. The molecule has 0 bridgehead atoms. The first kappa shape index (κ1) is 25.0. The number of aromatic nitrogens is 1. The summed E-state index contributed by atoms with van der Waals surface area (Å²) in [5, 5.41) is 7.94. The van der Waals surface area contributed by atoms with Gasteiger partial charge in [0.1, 0.15) is 11.8 Å². The van der Waals surface area contributed by atoms with Gasteiger partial charge in [0.05, 0.1) is 26.5 Å².